The summed E-state index contributed by atoms with van der Waals surface area (Å²) in [4.78, 5) is 20.7. The van der Waals surface area contributed by atoms with Crippen LogP contribution >= 0.6 is 22.9 Å². The summed E-state index contributed by atoms with van der Waals surface area (Å²) in [7, 11) is 0. The molecule has 1 amide bonds. The average Bonchev–Trinajstić information content (AvgIpc) is 3.25. The smallest absolute Gasteiger partial charge is 0.276 e. The zero-order valence-corrected chi connectivity index (χ0v) is 13.7. The molecule has 4 rings (SSSR count). The number of fused-ring (bicyclic) bond motifs is 1. The molecular formula is C16H10ClN3O3S. The van der Waals surface area contributed by atoms with Gasteiger partial charge in [-0.15, -0.1) is 11.3 Å². The third kappa shape index (κ3) is 2.91. The largest absolute Gasteiger partial charge is 0.454 e. The van der Waals surface area contributed by atoms with E-state index in [2.05, 4.69) is 15.3 Å². The third-order valence-electron chi connectivity index (χ3n) is 3.33. The summed E-state index contributed by atoms with van der Waals surface area (Å²) in [6.07, 6.45) is 1.47. The molecule has 0 saturated carbocycles. The minimum atomic E-state index is -0.326. The van der Waals surface area contributed by atoms with Gasteiger partial charge in [0.15, 0.2) is 11.5 Å². The molecule has 1 N–H and O–H groups in total. The molecule has 0 atom stereocenters. The van der Waals surface area contributed by atoms with E-state index < -0.39 is 0 Å². The monoisotopic (exact) mass is 359 g/mol. The summed E-state index contributed by atoms with van der Waals surface area (Å²) >= 11 is 7.15. The second-order valence-corrected chi connectivity index (χ2v) is 6.22. The zero-order chi connectivity index (χ0) is 16.5. The second kappa shape index (κ2) is 6.10. The maximum absolute atomic E-state index is 12.2. The highest BCUT2D eigenvalue weighted by Crippen LogP contribution is 2.36. The normalized spacial score (nSPS) is 12.2. The van der Waals surface area contributed by atoms with Gasteiger partial charge in [0.25, 0.3) is 5.91 Å². The molecule has 3 heterocycles. The van der Waals surface area contributed by atoms with Crippen LogP contribution in [-0.4, -0.2) is 22.7 Å². The Labute approximate surface area is 146 Å². The van der Waals surface area contributed by atoms with Gasteiger partial charge in [-0.3, -0.25) is 4.79 Å². The molecule has 24 heavy (non-hydrogen) atoms. The molecule has 0 fully saturated rings. The van der Waals surface area contributed by atoms with Crippen molar-refractivity contribution in [2.24, 2.45) is 0 Å². The number of amides is 1. The van der Waals surface area contributed by atoms with Gasteiger partial charge in [-0.05, 0) is 30.3 Å². The van der Waals surface area contributed by atoms with Crippen LogP contribution in [0.25, 0.3) is 10.6 Å². The Hall–Kier alpha value is -2.64. The van der Waals surface area contributed by atoms with Crippen LogP contribution in [-0.2, 0) is 0 Å². The second-order valence-electron chi connectivity index (χ2n) is 4.92. The number of pyridine rings is 1. The molecule has 0 aliphatic carbocycles. The van der Waals surface area contributed by atoms with E-state index in [0.717, 1.165) is 10.6 Å². The van der Waals surface area contributed by atoms with Gasteiger partial charge in [0.1, 0.15) is 16.5 Å². The lowest BCUT2D eigenvalue weighted by molar-refractivity contribution is 0.102. The van der Waals surface area contributed by atoms with Crippen molar-refractivity contribution in [3.63, 3.8) is 0 Å². The number of hydrogen-bond donors (Lipinski definition) is 1. The number of carbonyl (C=O) groups excluding carboxylic acids is 1. The number of carbonyl (C=O) groups is 1. The summed E-state index contributed by atoms with van der Waals surface area (Å²) < 4.78 is 10.6. The van der Waals surface area contributed by atoms with Crippen LogP contribution in [0.3, 0.4) is 0 Å². The fraction of sp³-hybridized carbons (Fsp3) is 0.0625. The van der Waals surface area contributed by atoms with E-state index in [1.807, 2.05) is 18.2 Å². The summed E-state index contributed by atoms with van der Waals surface area (Å²) in [6, 6.07) is 8.85. The molecule has 0 bridgehead atoms. The van der Waals surface area contributed by atoms with Gasteiger partial charge in [0.05, 0.1) is 5.02 Å². The first-order valence-electron chi connectivity index (χ1n) is 6.97. The molecule has 1 aliphatic rings. The number of benzene rings is 1. The molecule has 0 radical (unpaired) electrons. The maximum atomic E-state index is 12.2. The van der Waals surface area contributed by atoms with E-state index in [-0.39, 0.29) is 12.7 Å². The topological polar surface area (TPSA) is 73.3 Å². The molecule has 2 aromatic heterocycles. The van der Waals surface area contributed by atoms with Crippen molar-refractivity contribution in [3.8, 4) is 22.1 Å². The van der Waals surface area contributed by atoms with E-state index in [1.165, 1.54) is 17.5 Å². The van der Waals surface area contributed by atoms with Crippen molar-refractivity contribution in [1.82, 2.24) is 9.97 Å². The molecule has 1 aromatic carbocycles. The van der Waals surface area contributed by atoms with Gasteiger partial charge >= 0.3 is 0 Å². The Kier molecular flexibility index (Phi) is 3.79. The minimum Gasteiger partial charge on any atom is -0.454 e. The molecule has 120 valence electrons. The number of anilines is 1. The van der Waals surface area contributed by atoms with E-state index in [4.69, 9.17) is 21.1 Å². The molecule has 1 aliphatic heterocycles. The Bertz CT molecular complexity index is 911. The SMILES string of the molecule is O=C(Nc1ccc(Cl)cn1)c1csc(-c2ccc3c(c2)OCO3)n1. The predicted molar refractivity (Wildman–Crippen MR) is 90.9 cm³/mol. The Morgan fingerprint density at radius 3 is 2.92 bits per heavy atom. The van der Waals surface area contributed by atoms with Crippen molar-refractivity contribution >= 4 is 34.7 Å². The van der Waals surface area contributed by atoms with Crippen LogP contribution < -0.4 is 14.8 Å². The quantitative estimate of drug-likeness (QED) is 0.769. The summed E-state index contributed by atoms with van der Waals surface area (Å²) in [5.74, 6) is 1.48. The van der Waals surface area contributed by atoms with Crippen molar-refractivity contribution in [2.75, 3.05) is 12.1 Å². The fourth-order valence-electron chi connectivity index (χ4n) is 2.17. The first-order chi connectivity index (χ1) is 11.7. The van der Waals surface area contributed by atoms with Gasteiger partial charge in [0.2, 0.25) is 6.79 Å². The van der Waals surface area contributed by atoms with Crippen LogP contribution in [0.2, 0.25) is 5.02 Å². The van der Waals surface area contributed by atoms with Crippen LogP contribution in [0.4, 0.5) is 5.82 Å². The van der Waals surface area contributed by atoms with E-state index in [9.17, 15) is 4.79 Å². The van der Waals surface area contributed by atoms with Crippen LogP contribution in [0.1, 0.15) is 10.5 Å². The third-order valence-corrected chi connectivity index (χ3v) is 4.44. The number of thiazole rings is 1. The molecular weight excluding hydrogens is 350 g/mol. The maximum Gasteiger partial charge on any atom is 0.276 e. The van der Waals surface area contributed by atoms with E-state index in [1.54, 1.807) is 17.5 Å². The predicted octanol–water partition coefficient (Wildman–Crippen LogP) is 3.84. The Morgan fingerprint density at radius 2 is 2.08 bits per heavy atom. The molecule has 0 unspecified atom stereocenters. The standard InChI is InChI=1S/C16H10ClN3O3S/c17-10-2-4-14(18-6-10)20-15(21)11-7-24-16(19-11)9-1-3-12-13(5-9)23-8-22-12/h1-7H,8H2,(H,18,20,21). The average molecular weight is 360 g/mol. The lowest BCUT2D eigenvalue weighted by Gasteiger charge is -2.02. The first kappa shape index (κ1) is 14.9. The summed E-state index contributed by atoms with van der Waals surface area (Å²) in [5.41, 5.74) is 1.19. The van der Waals surface area contributed by atoms with Gasteiger partial charge in [-0.2, -0.15) is 0 Å². The zero-order valence-electron chi connectivity index (χ0n) is 12.2. The number of nitrogens with one attached hydrogen (secondary N) is 1. The van der Waals surface area contributed by atoms with E-state index >= 15 is 0 Å². The van der Waals surface area contributed by atoms with Crippen molar-refractivity contribution in [2.45, 2.75) is 0 Å². The highest BCUT2D eigenvalue weighted by Gasteiger charge is 2.17. The van der Waals surface area contributed by atoms with Crippen LogP contribution in [0.15, 0.2) is 41.9 Å². The van der Waals surface area contributed by atoms with Gasteiger partial charge in [-0.1, -0.05) is 11.6 Å². The van der Waals surface area contributed by atoms with Crippen LogP contribution in [0, 0.1) is 0 Å². The number of rotatable bonds is 3. The lowest BCUT2D eigenvalue weighted by Crippen LogP contribution is -2.13. The van der Waals surface area contributed by atoms with Gasteiger partial charge in [0, 0.05) is 17.1 Å². The highest BCUT2D eigenvalue weighted by molar-refractivity contribution is 7.13. The van der Waals surface area contributed by atoms with Crippen molar-refractivity contribution in [1.29, 1.82) is 0 Å². The molecule has 6 nitrogen and oxygen atoms in total. The number of nitrogens with zero attached hydrogens (tertiary/aromatic N) is 2. The summed E-state index contributed by atoms with van der Waals surface area (Å²) in [6.45, 7) is 0.221. The Morgan fingerprint density at radius 1 is 1.21 bits per heavy atom. The van der Waals surface area contributed by atoms with Crippen molar-refractivity contribution < 1.29 is 14.3 Å². The van der Waals surface area contributed by atoms with Gasteiger partial charge in [-0.25, -0.2) is 9.97 Å². The molecule has 0 spiro atoms. The Balaban J connectivity index is 1.54. The van der Waals surface area contributed by atoms with Gasteiger partial charge < -0.3 is 14.8 Å². The number of hydrogen-bond acceptors (Lipinski definition) is 6. The minimum absolute atomic E-state index is 0.221. The lowest BCUT2D eigenvalue weighted by atomic mass is 10.2. The molecule has 8 heteroatoms. The molecule has 0 saturated heterocycles. The number of ether oxygens (including phenoxy) is 2. The van der Waals surface area contributed by atoms with E-state index in [0.29, 0.717) is 28.0 Å². The summed E-state index contributed by atoms with van der Waals surface area (Å²) in [5, 5.41) is 5.61. The number of halogens is 1. The first-order valence-corrected chi connectivity index (χ1v) is 8.23. The fourth-order valence-corrected chi connectivity index (χ4v) is 3.08. The van der Waals surface area contributed by atoms with Crippen LogP contribution in [0.5, 0.6) is 11.5 Å². The van der Waals surface area contributed by atoms with Crippen molar-refractivity contribution in [3.05, 3.63) is 52.6 Å². The number of aromatic nitrogens is 2. The molecule has 3 aromatic rings. The highest BCUT2D eigenvalue weighted by atomic mass is 35.5.